The predicted molar refractivity (Wildman–Crippen MR) is 93.2 cm³/mol. The van der Waals surface area contributed by atoms with Crippen LogP contribution in [0.3, 0.4) is 0 Å². The van der Waals surface area contributed by atoms with Gasteiger partial charge < -0.3 is 10.1 Å². The van der Waals surface area contributed by atoms with Gasteiger partial charge in [-0.05, 0) is 31.9 Å². The molecule has 116 valence electrons. The third-order valence-corrected chi connectivity index (χ3v) is 5.75. The van der Waals surface area contributed by atoms with Gasteiger partial charge in [0.15, 0.2) is 0 Å². The summed E-state index contributed by atoms with van der Waals surface area (Å²) in [5.74, 6) is 0.940. The SMILES string of the molecule is C=CCSc1ccccc1NC1CC(OCC)C1(C)CC. The fraction of sp³-hybridized carbons (Fsp3) is 0.556. The lowest BCUT2D eigenvalue weighted by molar-refractivity contribution is -0.109. The average Bonchev–Trinajstić information content (AvgIpc) is 2.52. The molecule has 0 heterocycles. The van der Waals surface area contributed by atoms with E-state index in [0.29, 0.717) is 12.1 Å². The smallest absolute Gasteiger partial charge is 0.0667 e. The minimum atomic E-state index is 0.228. The molecule has 3 unspecified atom stereocenters. The summed E-state index contributed by atoms with van der Waals surface area (Å²) in [5, 5.41) is 3.75. The molecule has 2 nitrogen and oxygen atoms in total. The lowest BCUT2D eigenvalue weighted by Gasteiger charge is -2.54. The maximum absolute atomic E-state index is 5.89. The van der Waals surface area contributed by atoms with Gasteiger partial charge in [0.25, 0.3) is 0 Å². The van der Waals surface area contributed by atoms with Crippen LogP contribution >= 0.6 is 11.8 Å². The summed E-state index contributed by atoms with van der Waals surface area (Å²) in [6, 6.07) is 9.04. The van der Waals surface area contributed by atoms with Crippen LogP contribution in [0.25, 0.3) is 0 Å². The van der Waals surface area contributed by atoms with Crippen molar-refractivity contribution in [2.75, 3.05) is 17.7 Å². The Balaban J connectivity index is 2.07. The highest BCUT2D eigenvalue weighted by Crippen LogP contribution is 2.47. The van der Waals surface area contributed by atoms with Crippen LogP contribution in [-0.4, -0.2) is 24.5 Å². The van der Waals surface area contributed by atoms with Gasteiger partial charge in [-0.15, -0.1) is 18.3 Å². The fourth-order valence-corrected chi connectivity index (χ4v) is 3.78. The normalized spacial score (nSPS) is 28.0. The van der Waals surface area contributed by atoms with Crippen molar-refractivity contribution in [3.63, 3.8) is 0 Å². The van der Waals surface area contributed by atoms with Crippen molar-refractivity contribution in [1.29, 1.82) is 0 Å². The molecular formula is C18H27NOS. The summed E-state index contributed by atoms with van der Waals surface area (Å²) in [5.41, 5.74) is 1.47. The first-order valence-electron chi connectivity index (χ1n) is 7.86. The summed E-state index contributed by atoms with van der Waals surface area (Å²) < 4.78 is 5.89. The van der Waals surface area contributed by atoms with E-state index in [9.17, 15) is 0 Å². The molecule has 1 aromatic carbocycles. The summed E-state index contributed by atoms with van der Waals surface area (Å²) >= 11 is 1.83. The number of rotatable bonds is 8. The first-order valence-corrected chi connectivity index (χ1v) is 8.85. The van der Waals surface area contributed by atoms with E-state index in [1.54, 1.807) is 0 Å². The summed E-state index contributed by atoms with van der Waals surface area (Å²) in [6.07, 6.45) is 4.57. The lowest BCUT2D eigenvalue weighted by atomic mass is 9.61. The van der Waals surface area contributed by atoms with Crippen molar-refractivity contribution in [3.05, 3.63) is 36.9 Å². The van der Waals surface area contributed by atoms with Gasteiger partial charge in [-0.2, -0.15) is 0 Å². The van der Waals surface area contributed by atoms with Crippen molar-refractivity contribution < 1.29 is 4.74 Å². The molecule has 2 rings (SSSR count). The third-order valence-electron chi connectivity index (χ3n) is 4.68. The van der Waals surface area contributed by atoms with E-state index >= 15 is 0 Å². The molecule has 0 bridgehead atoms. The molecule has 1 aromatic rings. The van der Waals surface area contributed by atoms with Crippen molar-refractivity contribution in [3.8, 4) is 0 Å². The topological polar surface area (TPSA) is 21.3 Å². The lowest BCUT2D eigenvalue weighted by Crippen LogP contribution is -2.59. The Morgan fingerprint density at radius 2 is 2.19 bits per heavy atom. The molecule has 0 saturated heterocycles. The quantitative estimate of drug-likeness (QED) is 0.541. The van der Waals surface area contributed by atoms with Gasteiger partial charge >= 0.3 is 0 Å². The third kappa shape index (κ3) is 3.46. The zero-order valence-electron chi connectivity index (χ0n) is 13.4. The van der Waals surface area contributed by atoms with Gasteiger partial charge in [-0.25, -0.2) is 0 Å². The molecule has 0 aliphatic heterocycles. The largest absolute Gasteiger partial charge is 0.381 e. The maximum Gasteiger partial charge on any atom is 0.0667 e. The first kappa shape index (κ1) is 16.4. The highest BCUT2D eigenvalue weighted by molar-refractivity contribution is 7.99. The van der Waals surface area contributed by atoms with Crippen LogP contribution in [0.5, 0.6) is 0 Å². The second-order valence-electron chi connectivity index (χ2n) is 5.83. The maximum atomic E-state index is 5.89. The van der Waals surface area contributed by atoms with Gasteiger partial charge in [-0.3, -0.25) is 0 Å². The average molecular weight is 305 g/mol. The van der Waals surface area contributed by atoms with Gasteiger partial charge in [0.05, 0.1) is 6.10 Å². The Kier molecular flexibility index (Phi) is 5.77. The van der Waals surface area contributed by atoms with Crippen LogP contribution in [0.4, 0.5) is 5.69 Å². The van der Waals surface area contributed by atoms with Gasteiger partial charge in [-0.1, -0.05) is 32.1 Å². The van der Waals surface area contributed by atoms with Crippen molar-refractivity contribution in [2.45, 2.75) is 50.7 Å². The summed E-state index contributed by atoms with van der Waals surface area (Å²) in [7, 11) is 0. The second-order valence-corrected chi connectivity index (χ2v) is 6.89. The van der Waals surface area contributed by atoms with Crippen LogP contribution in [0.15, 0.2) is 41.8 Å². The highest BCUT2D eigenvalue weighted by atomic mass is 32.2. The molecule has 3 atom stereocenters. The van der Waals surface area contributed by atoms with Crippen molar-refractivity contribution >= 4 is 17.4 Å². The van der Waals surface area contributed by atoms with Crippen LogP contribution in [0, 0.1) is 5.41 Å². The van der Waals surface area contributed by atoms with E-state index in [-0.39, 0.29) is 5.41 Å². The van der Waals surface area contributed by atoms with E-state index in [4.69, 9.17) is 4.74 Å². The molecule has 1 N–H and O–H groups in total. The predicted octanol–water partition coefficient (Wildman–Crippen LogP) is 4.97. The number of anilines is 1. The molecule has 0 aromatic heterocycles. The van der Waals surface area contributed by atoms with Crippen molar-refractivity contribution in [1.82, 2.24) is 0 Å². The van der Waals surface area contributed by atoms with E-state index in [1.165, 1.54) is 10.6 Å². The molecule has 1 fully saturated rings. The first-order chi connectivity index (χ1) is 10.2. The highest BCUT2D eigenvalue weighted by Gasteiger charge is 2.51. The standard InChI is InChI=1S/C18H27NOS/c1-5-12-21-15-11-9-8-10-14(15)19-16-13-17(20-7-3)18(16,4)6-2/h5,8-11,16-17,19H,1,6-7,12-13H2,2-4H3. The Morgan fingerprint density at radius 3 is 2.86 bits per heavy atom. The molecule has 3 heteroatoms. The van der Waals surface area contributed by atoms with E-state index < -0.39 is 0 Å². The van der Waals surface area contributed by atoms with E-state index in [0.717, 1.165) is 25.2 Å². The van der Waals surface area contributed by atoms with Gasteiger partial charge in [0.1, 0.15) is 0 Å². The zero-order valence-corrected chi connectivity index (χ0v) is 14.2. The number of hydrogen-bond donors (Lipinski definition) is 1. The summed E-state index contributed by atoms with van der Waals surface area (Å²) in [6.45, 7) is 11.3. The van der Waals surface area contributed by atoms with Crippen LogP contribution in [0.2, 0.25) is 0 Å². The molecule has 21 heavy (non-hydrogen) atoms. The minimum Gasteiger partial charge on any atom is -0.381 e. The summed E-state index contributed by atoms with van der Waals surface area (Å²) in [4.78, 5) is 1.30. The number of para-hydroxylation sites is 1. The fourth-order valence-electron chi connectivity index (χ4n) is 3.02. The van der Waals surface area contributed by atoms with Crippen molar-refractivity contribution in [2.24, 2.45) is 5.41 Å². The second kappa shape index (κ2) is 7.37. The monoisotopic (exact) mass is 305 g/mol. The number of benzene rings is 1. The molecular weight excluding hydrogens is 278 g/mol. The van der Waals surface area contributed by atoms with Gasteiger partial charge in [0.2, 0.25) is 0 Å². The minimum absolute atomic E-state index is 0.228. The Morgan fingerprint density at radius 1 is 1.43 bits per heavy atom. The molecule has 0 radical (unpaired) electrons. The Labute approximate surface area is 133 Å². The molecule has 0 spiro atoms. The van der Waals surface area contributed by atoms with Crippen LogP contribution < -0.4 is 5.32 Å². The zero-order chi connectivity index (χ0) is 15.3. The van der Waals surface area contributed by atoms with Gasteiger partial charge in [0, 0.05) is 34.4 Å². The number of thioether (sulfide) groups is 1. The molecule has 1 saturated carbocycles. The number of hydrogen-bond acceptors (Lipinski definition) is 3. The number of ether oxygens (including phenoxy) is 1. The Bertz CT molecular complexity index is 476. The molecule has 1 aliphatic rings. The van der Waals surface area contributed by atoms with Crippen LogP contribution in [-0.2, 0) is 4.74 Å². The van der Waals surface area contributed by atoms with E-state index in [1.807, 2.05) is 17.8 Å². The Hall–Kier alpha value is -0.930. The van der Waals surface area contributed by atoms with E-state index in [2.05, 4.69) is 56.9 Å². The molecule has 0 amide bonds. The number of nitrogens with one attached hydrogen (secondary N) is 1. The molecule has 1 aliphatic carbocycles. The van der Waals surface area contributed by atoms with Crippen LogP contribution in [0.1, 0.15) is 33.6 Å².